The predicted octanol–water partition coefficient (Wildman–Crippen LogP) is 3.69. The Labute approximate surface area is 191 Å². The van der Waals surface area contributed by atoms with Gasteiger partial charge in [0.25, 0.3) is 11.8 Å². The Morgan fingerprint density at radius 3 is 2.22 bits per heavy atom. The Morgan fingerprint density at radius 2 is 1.59 bits per heavy atom. The molecule has 7 heteroatoms. The number of carbonyl (C=O) groups excluding carboxylic acids is 2. The van der Waals surface area contributed by atoms with Crippen molar-refractivity contribution in [3.8, 4) is 0 Å². The fourth-order valence-corrected chi connectivity index (χ4v) is 10.00. The van der Waals surface area contributed by atoms with E-state index in [1.54, 1.807) is 13.1 Å². The Bertz CT molecular complexity index is 1090. The minimum atomic E-state index is -3.67. The molecule has 2 saturated carbocycles. The minimum Gasteiger partial charge on any atom is -0.355 e. The van der Waals surface area contributed by atoms with Crippen LogP contribution in [-0.4, -0.2) is 40.1 Å². The molecule has 1 aromatic carbocycles. The first kappa shape index (κ1) is 23.3. The average molecular weight is 461 g/mol. The molecule has 4 unspecified atom stereocenters. The van der Waals surface area contributed by atoms with Gasteiger partial charge in [0.1, 0.15) is 0 Å². The van der Waals surface area contributed by atoms with E-state index in [9.17, 15) is 18.0 Å². The van der Waals surface area contributed by atoms with Crippen molar-refractivity contribution in [3.63, 3.8) is 0 Å². The van der Waals surface area contributed by atoms with Gasteiger partial charge in [-0.2, -0.15) is 0 Å². The van der Waals surface area contributed by atoms with E-state index in [1.807, 2.05) is 0 Å². The van der Waals surface area contributed by atoms with Gasteiger partial charge in [-0.1, -0.05) is 34.1 Å². The van der Waals surface area contributed by atoms with Crippen LogP contribution >= 0.6 is 0 Å². The summed E-state index contributed by atoms with van der Waals surface area (Å²) < 4.78 is 27.4. The fourth-order valence-electron chi connectivity index (χ4n) is 7.67. The average Bonchev–Trinajstić information content (AvgIpc) is 2.73. The van der Waals surface area contributed by atoms with Crippen molar-refractivity contribution >= 4 is 21.7 Å². The highest BCUT2D eigenvalue weighted by atomic mass is 32.2. The molecule has 1 heterocycles. The third-order valence-corrected chi connectivity index (χ3v) is 10.9. The minimum absolute atomic E-state index is 0.0694. The van der Waals surface area contributed by atoms with E-state index in [0.29, 0.717) is 17.0 Å². The highest BCUT2D eigenvalue weighted by Crippen LogP contribution is 2.66. The van der Waals surface area contributed by atoms with Gasteiger partial charge in [0, 0.05) is 25.2 Å². The quantitative estimate of drug-likeness (QED) is 0.704. The highest BCUT2D eigenvalue weighted by Gasteiger charge is 2.62. The second-order valence-corrected chi connectivity index (χ2v) is 13.2. The number of sulfone groups is 1. The second kappa shape index (κ2) is 7.31. The van der Waals surface area contributed by atoms with Crippen LogP contribution in [0.25, 0.3) is 0 Å². The van der Waals surface area contributed by atoms with Crippen LogP contribution in [0.2, 0.25) is 0 Å². The molecule has 2 amide bonds. The summed E-state index contributed by atoms with van der Waals surface area (Å²) in [6.45, 7) is 9.10. The molecule has 176 valence electrons. The fraction of sp³-hybridized carbons (Fsp3) is 0.680. The standard InChI is InChI=1S/C25H36N2O4S/c1-23(2)9-7-10-24(3)18(23)8-11-25(4)19(24)14-32(30,31)17-13-15(21(28)26-5)12-16(20(17)25)22(29)27-6/h12-13,18-19H,7-11,14H2,1-6H3,(H,26,28)(H,27,29). The van der Waals surface area contributed by atoms with Crippen LogP contribution in [0.5, 0.6) is 0 Å². The molecule has 32 heavy (non-hydrogen) atoms. The number of rotatable bonds is 2. The Balaban J connectivity index is 2.00. The van der Waals surface area contributed by atoms with Crippen molar-refractivity contribution in [1.82, 2.24) is 10.6 Å². The molecular formula is C25H36N2O4S. The van der Waals surface area contributed by atoms with E-state index >= 15 is 0 Å². The lowest BCUT2D eigenvalue weighted by Crippen LogP contribution is -2.60. The molecule has 1 aliphatic heterocycles. The number of fused-ring (bicyclic) bond motifs is 5. The van der Waals surface area contributed by atoms with Gasteiger partial charge >= 0.3 is 0 Å². The lowest BCUT2D eigenvalue weighted by molar-refractivity contribution is -0.0982. The summed E-state index contributed by atoms with van der Waals surface area (Å²) in [6.07, 6.45) is 5.13. The first-order chi connectivity index (χ1) is 14.8. The summed E-state index contributed by atoms with van der Waals surface area (Å²) >= 11 is 0. The summed E-state index contributed by atoms with van der Waals surface area (Å²) in [5.41, 5.74) is 0.751. The maximum atomic E-state index is 13.7. The van der Waals surface area contributed by atoms with E-state index in [1.165, 1.54) is 19.5 Å². The van der Waals surface area contributed by atoms with Crippen LogP contribution in [0.4, 0.5) is 0 Å². The molecule has 4 atom stereocenters. The van der Waals surface area contributed by atoms with Gasteiger partial charge in [0.2, 0.25) is 0 Å². The van der Waals surface area contributed by atoms with Crippen LogP contribution in [0.3, 0.4) is 0 Å². The van der Waals surface area contributed by atoms with Gasteiger partial charge < -0.3 is 10.6 Å². The monoisotopic (exact) mass is 460 g/mol. The van der Waals surface area contributed by atoms with Crippen LogP contribution in [0.15, 0.2) is 17.0 Å². The Morgan fingerprint density at radius 1 is 0.938 bits per heavy atom. The van der Waals surface area contributed by atoms with Crippen LogP contribution in [0.1, 0.15) is 86.1 Å². The summed E-state index contributed by atoms with van der Waals surface area (Å²) in [7, 11) is -0.623. The number of amides is 2. The van der Waals surface area contributed by atoms with Crippen LogP contribution in [-0.2, 0) is 15.3 Å². The molecule has 2 fully saturated rings. The molecule has 0 bridgehead atoms. The van der Waals surface area contributed by atoms with E-state index in [4.69, 9.17) is 0 Å². The molecule has 0 radical (unpaired) electrons. The van der Waals surface area contributed by atoms with Gasteiger partial charge in [-0.25, -0.2) is 8.42 Å². The van der Waals surface area contributed by atoms with Gasteiger partial charge in [-0.05, 0) is 71.5 Å². The normalized spacial score (nSPS) is 34.4. The van der Waals surface area contributed by atoms with Gasteiger partial charge in [0.15, 0.2) is 9.84 Å². The van der Waals surface area contributed by atoms with E-state index in [2.05, 4.69) is 38.3 Å². The molecule has 0 spiro atoms. The molecule has 1 aromatic rings. The van der Waals surface area contributed by atoms with Crippen LogP contribution < -0.4 is 10.6 Å². The molecule has 6 nitrogen and oxygen atoms in total. The zero-order chi connectivity index (χ0) is 23.7. The van der Waals surface area contributed by atoms with Crippen molar-refractivity contribution in [1.29, 1.82) is 0 Å². The molecule has 2 N–H and O–H groups in total. The largest absolute Gasteiger partial charge is 0.355 e. The number of hydrogen-bond acceptors (Lipinski definition) is 4. The first-order valence-electron chi connectivity index (χ1n) is 11.7. The highest BCUT2D eigenvalue weighted by molar-refractivity contribution is 7.91. The van der Waals surface area contributed by atoms with E-state index < -0.39 is 21.2 Å². The number of benzene rings is 1. The Hall–Kier alpha value is -1.89. The third-order valence-electron chi connectivity index (χ3n) is 9.15. The predicted molar refractivity (Wildman–Crippen MR) is 125 cm³/mol. The molecule has 3 aliphatic rings. The summed E-state index contributed by atoms with van der Waals surface area (Å²) in [6, 6.07) is 3.05. The lowest BCUT2D eigenvalue weighted by Gasteiger charge is -2.64. The number of carbonyl (C=O) groups is 2. The second-order valence-electron chi connectivity index (χ2n) is 11.2. The number of hydrogen-bond donors (Lipinski definition) is 2. The molecule has 0 aromatic heterocycles. The van der Waals surface area contributed by atoms with E-state index in [0.717, 1.165) is 25.7 Å². The summed E-state index contributed by atoms with van der Waals surface area (Å²) in [4.78, 5) is 25.6. The molecule has 0 saturated heterocycles. The van der Waals surface area contributed by atoms with Crippen molar-refractivity contribution in [2.75, 3.05) is 19.8 Å². The molecule has 2 aliphatic carbocycles. The third kappa shape index (κ3) is 3.14. The lowest BCUT2D eigenvalue weighted by atomic mass is 9.42. The van der Waals surface area contributed by atoms with Gasteiger partial charge in [0.05, 0.1) is 10.6 Å². The van der Waals surface area contributed by atoms with Gasteiger partial charge in [-0.3, -0.25) is 9.59 Å². The van der Waals surface area contributed by atoms with Crippen molar-refractivity contribution in [2.45, 2.75) is 70.1 Å². The van der Waals surface area contributed by atoms with Crippen molar-refractivity contribution in [3.05, 3.63) is 28.8 Å². The van der Waals surface area contributed by atoms with E-state index in [-0.39, 0.29) is 38.9 Å². The Kier molecular flexibility index (Phi) is 5.31. The topological polar surface area (TPSA) is 92.3 Å². The summed E-state index contributed by atoms with van der Waals surface area (Å²) in [5.74, 6) is -0.290. The molecule has 4 rings (SSSR count). The SMILES string of the molecule is CNC(=O)c1cc(C(=O)NC)c2c(c1)S(=O)(=O)CC1C2(C)CCC2C(C)(C)CCCC21C. The van der Waals surface area contributed by atoms with Crippen molar-refractivity contribution in [2.24, 2.45) is 22.7 Å². The zero-order valence-electron chi connectivity index (χ0n) is 20.1. The van der Waals surface area contributed by atoms with Gasteiger partial charge in [-0.15, -0.1) is 0 Å². The molecular weight excluding hydrogens is 424 g/mol. The maximum Gasteiger partial charge on any atom is 0.251 e. The summed E-state index contributed by atoms with van der Waals surface area (Å²) in [5, 5.41) is 5.22. The maximum absolute atomic E-state index is 13.7. The first-order valence-corrected chi connectivity index (χ1v) is 13.3. The van der Waals surface area contributed by atoms with Crippen LogP contribution in [0, 0.1) is 22.7 Å². The number of nitrogens with one attached hydrogen (secondary N) is 2. The zero-order valence-corrected chi connectivity index (χ0v) is 20.9. The smallest absolute Gasteiger partial charge is 0.251 e. The van der Waals surface area contributed by atoms with Crippen molar-refractivity contribution < 1.29 is 18.0 Å².